The molecule has 0 aliphatic carbocycles. The van der Waals surface area contributed by atoms with Crippen LogP contribution in [0.15, 0.2) is 34.5 Å². The zero-order valence-electron chi connectivity index (χ0n) is 15.6. The van der Waals surface area contributed by atoms with E-state index in [0.717, 1.165) is 16.2 Å². The zero-order chi connectivity index (χ0) is 22.5. The largest absolute Gasteiger partial charge is 0.477 e. The Kier molecular flexibility index (Phi) is 6.68. The van der Waals surface area contributed by atoms with E-state index in [-0.39, 0.29) is 22.2 Å². The lowest BCUT2D eigenvalue weighted by Crippen LogP contribution is -2.71. The lowest BCUT2D eigenvalue weighted by Gasteiger charge is -2.49. The minimum atomic E-state index is -1.26. The van der Waals surface area contributed by atoms with Gasteiger partial charge in [-0.1, -0.05) is 17.8 Å². The van der Waals surface area contributed by atoms with Crippen LogP contribution in [-0.4, -0.2) is 68.7 Å². The van der Waals surface area contributed by atoms with Crippen LogP contribution in [0.2, 0.25) is 0 Å². The number of hydrogen-bond donors (Lipinski definition) is 3. The van der Waals surface area contributed by atoms with E-state index in [0.29, 0.717) is 17.7 Å². The van der Waals surface area contributed by atoms with E-state index in [4.69, 9.17) is 10.1 Å². The molecule has 1 aromatic heterocycles. The molecular weight excluding hydrogens is 448 g/mol. The van der Waals surface area contributed by atoms with E-state index >= 15 is 0 Å². The van der Waals surface area contributed by atoms with Crippen LogP contribution in [0.4, 0.5) is 5.13 Å². The number of carboxylic acids is 1. The second kappa shape index (κ2) is 9.41. The van der Waals surface area contributed by atoms with Crippen LogP contribution in [0.3, 0.4) is 0 Å². The number of anilines is 1. The Labute approximate surface area is 183 Å². The summed E-state index contributed by atoms with van der Waals surface area (Å²) in [7, 11) is 0. The summed E-state index contributed by atoms with van der Waals surface area (Å²) in [5.41, 5.74) is 0.00403. The highest BCUT2D eigenvalue weighted by Crippen LogP contribution is 2.40. The number of aliphatic carboxylic acids is 1. The van der Waals surface area contributed by atoms with E-state index in [1.165, 1.54) is 23.2 Å². The topological polar surface area (TPSA) is 174 Å². The number of carbonyl (C=O) groups excluding carboxylic acids is 3. The van der Waals surface area contributed by atoms with Crippen molar-refractivity contribution < 1.29 is 29.1 Å². The molecule has 0 bridgehead atoms. The van der Waals surface area contributed by atoms with Crippen molar-refractivity contribution in [2.75, 3.05) is 17.7 Å². The molecule has 1 aromatic rings. The van der Waals surface area contributed by atoms with E-state index in [1.807, 2.05) is 0 Å². The first-order chi connectivity index (χ1) is 14.9. The minimum Gasteiger partial charge on any atom is -0.477 e. The Morgan fingerprint density at radius 1 is 1.55 bits per heavy atom. The molecular formula is C17H14N6O6S2. The third-order valence-corrected chi connectivity index (χ3v) is 6.24. The first-order valence-electron chi connectivity index (χ1n) is 8.50. The molecule has 1 unspecified atom stereocenters. The number of aromatic nitrogens is 1. The number of amides is 3. The summed E-state index contributed by atoms with van der Waals surface area (Å²) < 4.78 is 0. The van der Waals surface area contributed by atoms with Gasteiger partial charge >= 0.3 is 5.97 Å². The monoisotopic (exact) mass is 462 g/mol. The summed E-state index contributed by atoms with van der Waals surface area (Å²) in [6, 6.07) is 0.706. The number of fused-ring (bicyclic) bond motifs is 1. The Morgan fingerprint density at radius 3 is 2.97 bits per heavy atom. The van der Waals surface area contributed by atoms with Crippen LogP contribution in [0.25, 0.3) is 0 Å². The maximum Gasteiger partial charge on any atom is 0.352 e. The third-order valence-electron chi connectivity index (χ3n) is 4.16. The van der Waals surface area contributed by atoms with Gasteiger partial charge in [-0.15, -0.1) is 23.1 Å². The van der Waals surface area contributed by atoms with Gasteiger partial charge in [-0.05, 0) is 5.57 Å². The highest BCUT2D eigenvalue weighted by molar-refractivity contribution is 8.00. The van der Waals surface area contributed by atoms with Gasteiger partial charge in [-0.25, -0.2) is 9.78 Å². The van der Waals surface area contributed by atoms with Gasteiger partial charge in [-0.2, -0.15) is 5.26 Å². The van der Waals surface area contributed by atoms with Crippen LogP contribution >= 0.6 is 23.1 Å². The van der Waals surface area contributed by atoms with Crippen molar-refractivity contribution in [2.45, 2.75) is 11.4 Å². The van der Waals surface area contributed by atoms with Crippen molar-refractivity contribution >= 4 is 58.1 Å². The molecule has 0 spiro atoms. The normalized spacial score (nSPS) is 20.2. The molecule has 160 valence electrons. The highest BCUT2D eigenvalue weighted by atomic mass is 32.2. The smallest absolute Gasteiger partial charge is 0.352 e. The average Bonchev–Trinajstić information content (AvgIpc) is 3.22. The molecule has 3 rings (SSSR count). The average molecular weight is 462 g/mol. The van der Waals surface area contributed by atoms with E-state index in [2.05, 4.69) is 27.4 Å². The number of allylic oxidation sites excluding steroid dienone is 1. The lowest BCUT2D eigenvalue weighted by atomic mass is 10.0. The molecule has 3 amide bonds. The van der Waals surface area contributed by atoms with Crippen LogP contribution in [0, 0.1) is 11.3 Å². The molecule has 3 N–H and O–H groups in total. The number of carboxylic acid groups (broad SMARTS) is 1. The number of nitrogens with zero attached hydrogens (tertiary/aromatic N) is 4. The minimum absolute atomic E-state index is 0.0600. The van der Waals surface area contributed by atoms with Crippen LogP contribution in [0.5, 0.6) is 0 Å². The summed E-state index contributed by atoms with van der Waals surface area (Å²) in [6.45, 7) is 3.15. The quantitative estimate of drug-likeness (QED) is 0.149. The maximum atomic E-state index is 12.8. The predicted molar refractivity (Wildman–Crippen MR) is 110 cm³/mol. The first-order valence-corrected chi connectivity index (χ1v) is 10.4. The number of thiazole rings is 1. The molecule has 3 heterocycles. The van der Waals surface area contributed by atoms with Crippen molar-refractivity contribution in [1.82, 2.24) is 15.2 Å². The number of hydrogen-bond acceptors (Lipinski definition) is 10. The van der Waals surface area contributed by atoms with Crippen molar-refractivity contribution in [1.29, 1.82) is 5.26 Å². The molecule has 2 atom stereocenters. The number of carbonyl (C=O) groups is 4. The number of rotatable bonds is 9. The summed E-state index contributed by atoms with van der Waals surface area (Å²) in [6.07, 6.45) is 1.80. The SMILES string of the molecule is C=CC1=C(C(=O)O)N2C(=O)C(NC(=O)/C(=N\OCC#N)c3csc(NC=O)n3)[C@H]2SC1. The number of thioether (sulfide) groups is 1. The summed E-state index contributed by atoms with van der Waals surface area (Å²) >= 11 is 2.31. The van der Waals surface area contributed by atoms with Gasteiger partial charge in [0.15, 0.2) is 10.8 Å². The van der Waals surface area contributed by atoms with Gasteiger partial charge in [0.1, 0.15) is 28.9 Å². The molecule has 0 aromatic carbocycles. The molecule has 14 heteroatoms. The number of nitriles is 1. The molecule has 2 aliphatic rings. The van der Waals surface area contributed by atoms with E-state index in [1.54, 1.807) is 6.07 Å². The van der Waals surface area contributed by atoms with E-state index < -0.39 is 35.8 Å². The van der Waals surface area contributed by atoms with Gasteiger partial charge in [0.05, 0.1) is 0 Å². The lowest BCUT2D eigenvalue weighted by molar-refractivity contribution is -0.150. The number of β-lactam (4-membered cyclic amide) rings is 1. The maximum absolute atomic E-state index is 12.8. The zero-order valence-corrected chi connectivity index (χ0v) is 17.2. The fraction of sp³-hybridized carbons (Fsp3) is 0.235. The number of oxime groups is 1. The predicted octanol–water partition coefficient (Wildman–Crippen LogP) is -0.120. The Balaban J connectivity index is 1.80. The molecule has 0 saturated carbocycles. The fourth-order valence-electron chi connectivity index (χ4n) is 2.84. The Bertz CT molecular complexity index is 1060. The summed E-state index contributed by atoms with van der Waals surface area (Å²) in [5.74, 6) is -2.36. The first kappa shape index (κ1) is 22.0. The Hall–Kier alpha value is -3.70. The summed E-state index contributed by atoms with van der Waals surface area (Å²) in [4.78, 5) is 57.5. The summed E-state index contributed by atoms with van der Waals surface area (Å²) in [5, 5.41) is 27.6. The van der Waals surface area contributed by atoms with Crippen LogP contribution < -0.4 is 10.6 Å². The standard InChI is InChI=1S/C17H14N6O6S2/c1-2-8-5-30-15-11(14(26)23(15)12(8)16(27)28)21-13(25)10(22-29-4-3-18)9-6-31-17(20-9)19-7-24/h2,6-7,11,15H,1,4-5H2,(H,21,25)(H,27,28)(H,19,20,24)/b22-10-/t11?,15-/m1/s1. The highest BCUT2D eigenvalue weighted by Gasteiger charge is 2.54. The van der Waals surface area contributed by atoms with Crippen molar-refractivity contribution in [3.63, 3.8) is 0 Å². The second-order valence-corrected chi connectivity index (χ2v) is 7.88. The molecule has 2 aliphatic heterocycles. The van der Waals surface area contributed by atoms with Crippen molar-refractivity contribution in [2.24, 2.45) is 5.16 Å². The Morgan fingerprint density at radius 2 is 2.32 bits per heavy atom. The molecule has 1 saturated heterocycles. The van der Waals surface area contributed by atoms with Gasteiger partial charge < -0.3 is 20.6 Å². The second-order valence-electron chi connectivity index (χ2n) is 5.92. The van der Waals surface area contributed by atoms with Gasteiger partial charge in [0.2, 0.25) is 13.0 Å². The molecule has 0 radical (unpaired) electrons. The van der Waals surface area contributed by atoms with Gasteiger partial charge in [-0.3, -0.25) is 19.3 Å². The van der Waals surface area contributed by atoms with Crippen LogP contribution in [-0.2, 0) is 24.0 Å². The van der Waals surface area contributed by atoms with Crippen molar-refractivity contribution in [3.05, 3.63) is 35.0 Å². The van der Waals surface area contributed by atoms with E-state index in [9.17, 15) is 24.3 Å². The third kappa shape index (κ3) is 4.27. The van der Waals surface area contributed by atoms with Crippen molar-refractivity contribution in [3.8, 4) is 6.07 Å². The molecule has 1 fully saturated rings. The molecule has 31 heavy (non-hydrogen) atoms. The van der Waals surface area contributed by atoms with Crippen LogP contribution in [0.1, 0.15) is 5.69 Å². The number of nitrogens with one attached hydrogen (secondary N) is 2. The van der Waals surface area contributed by atoms with Gasteiger partial charge in [0, 0.05) is 11.1 Å². The fourth-order valence-corrected chi connectivity index (χ4v) is 4.83. The molecule has 12 nitrogen and oxygen atoms in total. The van der Waals surface area contributed by atoms with Gasteiger partial charge in [0.25, 0.3) is 11.8 Å².